The topological polar surface area (TPSA) is 49.4 Å². The van der Waals surface area contributed by atoms with E-state index in [0.29, 0.717) is 37.9 Å². The van der Waals surface area contributed by atoms with Crippen LogP contribution in [0.25, 0.3) is 0 Å². The molecule has 1 N–H and O–H groups in total. The third-order valence-corrected chi connectivity index (χ3v) is 7.75. The number of piperidine rings is 1. The second-order valence-electron chi connectivity index (χ2n) is 9.62. The van der Waals surface area contributed by atoms with Crippen molar-refractivity contribution in [2.75, 3.05) is 13.1 Å². The predicted octanol–water partition coefficient (Wildman–Crippen LogP) is 4.44. The van der Waals surface area contributed by atoms with Gasteiger partial charge in [0.2, 0.25) is 11.8 Å². The molecule has 0 radical (unpaired) electrons. The Kier molecular flexibility index (Phi) is 5.26. The van der Waals surface area contributed by atoms with E-state index in [4.69, 9.17) is 0 Å². The first kappa shape index (κ1) is 21.1. The van der Waals surface area contributed by atoms with E-state index in [2.05, 4.69) is 5.32 Å². The second-order valence-corrected chi connectivity index (χ2v) is 9.62. The van der Waals surface area contributed by atoms with Gasteiger partial charge in [0.1, 0.15) is 11.6 Å². The van der Waals surface area contributed by atoms with Crippen molar-refractivity contribution in [2.45, 2.75) is 61.8 Å². The summed E-state index contributed by atoms with van der Waals surface area (Å²) in [6.07, 6.45) is 4.92. The molecule has 2 aromatic rings. The highest BCUT2D eigenvalue weighted by Gasteiger charge is 2.54. The first-order valence-corrected chi connectivity index (χ1v) is 11.5. The normalized spacial score (nSPS) is 27.0. The molecule has 2 aliphatic heterocycles. The molecule has 3 fully saturated rings. The Morgan fingerprint density at radius 2 is 1.78 bits per heavy atom. The van der Waals surface area contributed by atoms with Gasteiger partial charge in [0.25, 0.3) is 0 Å². The molecular weight excluding hydrogens is 410 g/mol. The van der Waals surface area contributed by atoms with Crippen LogP contribution in [0.15, 0.2) is 48.5 Å². The number of benzene rings is 2. The smallest absolute Gasteiger partial charge is 0.233 e. The Morgan fingerprint density at radius 3 is 2.50 bits per heavy atom. The summed E-state index contributed by atoms with van der Waals surface area (Å²) < 4.78 is 28.9. The lowest BCUT2D eigenvalue weighted by Crippen LogP contribution is -2.57. The van der Waals surface area contributed by atoms with Gasteiger partial charge in [-0.1, -0.05) is 43.2 Å². The highest BCUT2D eigenvalue weighted by molar-refractivity contribution is 5.89. The summed E-state index contributed by atoms with van der Waals surface area (Å²) in [5.74, 6) is -0.979. The number of likely N-dealkylation sites (tertiary alicyclic amines) is 1. The van der Waals surface area contributed by atoms with Crippen LogP contribution in [0.2, 0.25) is 0 Å². The molecule has 2 aromatic carbocycles. The second kappa shape index (κ2) is 7.98. The van der Waals surface area contributed by atoms with Crippen molar-refractivity contribution in [3.8, 4) is 0 Å². The average molecular weight is 439 g/mol. The summed E-state index contributed by atoms with van der Waals surface area (Å²) in [6, 6.07) is 13.0. The van der Waals surface area contributed by atoms with Crippen molar-refractivity contribution >= 4 is 11.8 Å². The predicted molar refractivity (Wildman–Crippen MR) is 117 cm³/mol. The van der Waals surface area contributed by atoms with Crippen LogP contribution >= 0.6 is 0 Å². The Morgan fingerprint density at radius 1 is 1.00 bits per heavy atom. The molecule has 0 bridgehead atoms. The van der Waals surface area contributed by atoms with Crippen LogP contribution in [0.3, 0.4) is 0 Å². The van der Waals surface area contributed by atoms with Gasteiger partial charge in [0, 0.05) is 31.0 Å². The molecule has 1 saturated carbocycles. The van der Waals surface area contributed by atoms with Gasteiger partial charge in [-0.25, -0.2) is 8.78 Å². The number of hydrogen-bond donors (Lipinski definition) is 1. The number of amides is 2. The largest absolute Gasteiger partial charge is 0.348 e. The molecule has 2 heterocycles. The Hall–Kier alpha value is -2.76. The molecule has 4 nitrogen and oxygen atoms in total. The van der Waals surface area contributed by atoms with Crippen LogP contribution in [0, 0.1) is 11.6 Å². The maximum Gasteiger partial charge on any atom is 0.233 e. The molecule has 2 amide bonds. The van der Waals surface area contributed by atoms with Gasteiger partial charge in [-0.2, -0.15) is 0 Å². The molecule has 32 heavy (non-hydrogen) atoms. The number of hydrogen-bond acceptors (Lipinski definition) is 2. The molecule has 3 aliphatic rings. The van der Waals surface area contributed by atoms with Crippen molar-refractivity contribution in [1.29, 1.82) is 0 Å². The summed E-state index contributed by atoms with van der Waals surface area (Å²) in [4.78, 5) is 28.2. The number of halogens is 2. The van der Waals surface area contributed by atoms with E-state index in [1.807, 2.05) is 6.07 Å². The zero-order valence-corrected chi connectivity index (χ0v) is 18.1. The maximum atomic E-state index is 14.8. The number of nitrogens with zero attached hydrogens (tertiary/aromatic N) is 1. The SMILES string of the molecule is O=C1CCC[C@]2(CN(C(=O)C3(c4ccccc4F)CCCC3)C[C@H]2c2cccc(F)c2)N1. The van der Waals surface area contributed by atoms with Crippen molar-refractivity contribution in [1.82, 2.24) is 10.2 Å². The fourth-order valence-electron chi connectivity index (χ4n) is 6.29. The zero-order valence-electron chi connectivity index (χ0n) is 18.1. The fraction of sp³-hybridized carbons (Fsp3) is 0.462. The molecule has 5 rings (SSSR count). The highest BCUT2D eigenvalue weighted by Crippen LogP contribution is 2.47. The van der Waals surface area contributed by atoms with E-state index in [-0.39, 0.29) is 29.4 Å². The van der Waals surface area contributed by atoms with Gasteiger partial charge in [0.15, 0.2) is 0 Å². The quantitative estimate of drug-likeness (QED) is 0.770. The summed E-state index contributed by atoms with van der Waals surface area (Å²) in [5.41, 5.74) is -0.233. The molecule has 0 unspecified atom stereocenters. The molecule has 168 valence electrons. The Bertz CT molecular complexity index is 1050. The summed E-state index contributed by atoms with van der Waals surface area (Å²) in [5, 5.41) is 3.17. The van der Waals surface area contributed by atoms with E-state index in [1.54, 1.807) is 29.2 Å². The molecule has 1 spiro atoms. The lowest BCUT2D eigenvalue weighted by molar-refractivity contribution is -0.137. The first-order chi connectivity index (χ1) is 15.4. The summed E-state index contributed by atoms with van der Waals surface area (Å²) in [7, 11) is 0. The van der Waals surface area contributed by atoms with Gasteiger partial charge in [-0.15, -0.1) is 0 Å². The van der Waals surface area contributed by atoms with Crippen LogP contribution in [0.5, 0.6) is 0 Å². The van der Waals surface area contributed by atoms with Crippen LogP contribution < -0.4 is 5.32 Å². The van der Waals surface area contributed by atoms with E-state index in [1.165, 1.54) is 18.2 Å². The minimum Gasteiger partial charge on any atom is -0.348 e. The van der Waals surface area contributed by atoms with E-state index >= 15 is 0 Å². The van der Waals surface area contributed by atoms with E-state index in [9.17, 15) is 18.4 Å². The van der Waals surface area contributed by atoms with Gasteiger partial charge >= 0.3 is 0 Å². The third kappa shape index (κ3) is 3.40. The van der Waals surface area contributed by atoms with E-state index in [0.717, 1.165) is 31.2 Å². The molecule has 2 saturated heterocycles. The Balaban J connectivity index is 1.53. The van der Waals surface area contributed by atoms with Gasteiger partial charge < -0.3 is 10.2 Å². The highest BCUT2D eigenvalue weighted by atomic mass is 19.1. The molecule has 2 atom stereocenters. The minimum absolute atomic E-state index is 0.0309. The zero-order chi connectivity index (χ0) is 22.3. The molecule has 1 aliphatic carbocycles. The van der Waals surface area contributed by atoms with Crippen molar-refractivity contribution in [2.24, 2.45) is 0 Å². The number of carbonyl (C=O) groups excluding carboxylic acids is 2. The van der Waals surface area contributed by atoms with Crippen LogP contribution in [0.4, 0.5) is 8.78 Å². The minimum atomic E-state index is -0.873. The lowest BCUT2D eigenvalue weighted by Gasteiger charge is -2.39. The fourth-order valence-corrected chi connectivity index (χ4v) is 6.29. The van der Waals surface area contributed by atoms with Gasteiger partial charge in [-0.3, -0.25) is 9.59 Å². The van der Waals surface area contributed by atoms with Crippen molar-refractivity contribution < 1.29 is 18.4 Å². The van der Waals surface area contributed by atoms with Gasteiger partial charge in [0.05, 0.1) is 11.0 Å². The average Bonchev–Trinajstić information content (AvgIpc) is 3.40. The molecule has 0 aromatic heterocycles. The summed E-state index contributed by atoms with van der Waals surface area (Å²) >= 11 is 0. The van der Waals surface area contributed by atoms with Crippen LogP contribution in [-0.2, 0) is 15.0 Å². The molecule has 6 heteroatoms. The van der Waals surface area contributed by atoms with E-state index < -0.39 is 11.0 Å². The maximum absolute atomic E-state index is 14.8. The van der Waals surface area contributed by atoms with Gasteiger partial charge in [-0.05, 0) is 49.4 Å². The van der Waals surface area contributed by atoms with Crippen molar-refractivity contribution in [3.63, 3.8) is 0 Å². The monoisotopic (exact) mass is 438 g/mol. The third-order valence-electron chi connectivity index (χ3n) is 7.75. The van der Waals surface area contributed by atoms with Crippen LogP contribution in [0.1, 0.15) is 62.0 Å². The summed E-state index contributed by atoms with van der Waals surface area (Å²) in [6.45, 7) is 0.758. The number of rotatable bonds is 3. The standard InChI is InChI=1S/C26H28F2N2O2/c27-19-8-5-7-18(15-19)21-16-30(17-26(21)14-6-11-23(31)29-26)24(32)25(12-3-4-13-25)20-9-1-2-10-22(20)28/h1-2,5,7-10,15,21H,3-4,6,11-14,16-17H2,(H,29,31)/t21-,26+/m0/s1. The van der Waals surface area contributed by atoms with Crippen molar-refractivity contribution in [3.05, 3.63) is 71.3 Å². The Labute approximate surface area is 187 Å². The lowest BCUT2D eigenvalue weighted by atomic mass is 9.76. The van der Waals surface area contributed by atoms with Crippen LogP contribution in [-0.4, -0.2) is 35.3 Å². The molecular formula is C26H28F2N2O2. The number of carbonyl (C=O) groups is 2. The number of nitrogens with one attached hydrogen (secondary N) is 1. The first-order valence-electron chi connectivity index (χ1n) is 11.5.